The molecular formula is C18H21ClN2O4S. The number of carbonyl (C=O) groups is 1. The SMILES string of the molecule is CCc1ccc(NC(=O)COc2ccc(S(=O)(=O)N(C)C)cc2Cl)cc1. The fourth-order valence-corrected chi connectivity index (χ4v) is 3.36. The molecule has 0 saturated heterocycles. The van der Waals surface area contributed by atoms with Crippen LogP contribution >= 0.6 is 11.6 Å². The summed E-state index contributed by atoms with van der Waals surface area (Å²) < 4.78 is 30.6. The van der Waals surface area contributed by atoms with Gasteiger partial charge in [0.25, 0.3) is 5.91 Å². The van der Waals surface area contributed by atoms with Gasteiger partial charge in [0.1, 0.15) is 5.75 Å². The minimum atomic E-state index is -3.58. The maximum Gasteiger partial charge on any atom is 0.262 e. The van der Waals surface area contributed by atoms with Crippen LogP contribution in [0, 0.1) is 0 Å². The molecule has 2 aromatic rings. The number of benzene rings is 2. The van der Waals surface area contributed by atoms with Crippen molar-refractivity contribution in [3.63, 3.8) is 0 Å². The highest BCUT2D eigenvalue weighted by molar-refractivity contribution is 7.89. The Morgan fingerprint density at radius 3 is 2.35 bits per heavy atom. The lowest BCUT2D eigenvalue weighted by Gasteiger charge is -2.13. The Hall–Kier alpha value is -2.09. The molecule has 2 aromatic carbocycles. The second kappa shape index (κ2) is 8.53. The summed E-state index contributed by atoms with van der Waals surface area (Å²) in [7, 11) is -0.709. The van der Waals surface area contributed by atoms with Gasteiger partial charge in [0.15, 0.2) is 6.61 Å². The van der Waals surface area contributed by atoms with Gasteiger partial charge in [0, 0.05) is 19.8 Å². The van der Waals surface area contributed by atoms with Crippen LogP contribution in [0.5, 0.6) is 5.75 Å². The second-order valence-electron chi connectivity index (χ2n) is 5.77. The van der Waals surface area contributed by atoms with E-state index in [0.29, 0.717) is 5.69 Å². The molecule has 0 fully saturated rings. The number of hydrogen-bond acceptors (Lipinski definition) is 4. The smallest absolute Gasteiger partial charge is 0.262 e. The minimum Gasteiger partial charge on any atom is -0.482 e. The number of rotatable bonds is 7. The van der Waals surface area contributed by atoms with Crippen molar-refractivity contribution in [2.45, 2.75) is 18.2 Å². The molecule has 0 aliphatic heterocycles. The summed E-state index contributed by atoms with van der Waals surface area (Å²) in [4.78, 5) is 12.0. The molecule has 0 aliphatic carbocycles. The molecule has 0 spiro atoms. The molecule has 0 saturated carbocycles. The molecule has 1 amide bonds. The number of halogens is 1. The molecule has 6 nitrogen and oxygen atoms in total. The van der Waals surface area contributed by atoms with E-state index in [1.807, 2.05) is 24.3 Å². The highest BCUT2D eigenvalue weighted by Crippen LogP contribution is 2.28. The van der Waals surface area contributed by atoms with E-state index in [4.69, 9.17) is 16.3 Å². The van der Waals surface area contributed by atoms with E-state index in [1.165, 1.54) is 37.9 Å². The zero-order chi connectivity index (χ0) is 19.3. The van der Waals surface area contributed by atoms with Gasteiger partial charge in [-0.1, -0.05) is 30.7 Å². The summed E-state index contributed by atoms with van der Waals surface area (Å²) in [6.45, 7) is 1.81. The van der Waals surface area contributed by atoms with E-state index < -0.39 is 10.0 Å². The number of nitrogens with one attached hydrogen (secondary N) is 1. The van der Waals surface area contributed by atoms with Crippen molar-refractivity contribution >= 4 is 33.2 Å². The normalized spacial score (nSPS) is 11.4. The van der Waals surface area contributed by atoms with Gasteiger partial charge in [0.05, 0.1) is 9.92 Å². The molecule has 0 aliphatic rings. The van der Waals surface area contributed by atoms with Crippen molar-refractivity contribution < 1.29 is 17.9 Å². The number of carbonyl (C=O) groups excluding carboxylic acids is 1. The molecule has 1 N–H and O–H groups in total. The quantitative estimate of drug-likeness (QED) is 0.779. The van der Waals surface area contributed by atoms with Crippen LogP contribution in [-0.2, 0) is 21.2 Å². The number of nitrogens with zero attached hydrogens (tertiary/aromatic N) is 1. The highest BCUT2D eigenvalue weighted by atomic mass is 35.5. The van der Waals surface area contributed by atoms with Crippen molar-refractivity contribution in [3.8, 4) is 5.75 Å². The fourth-order valence-electron chi connectivity index (χ4n) is 2.13. The zero-order valence-corrected chi connectivity index (χ0v) is 16.4. The van der Waals surface area contributed by atoms with E-state index in [0.717, 1.165) is 10.7 Å². The molecule has 26 heavy (non-hydrogen) atoms. The standard InChI is InChI=1S/C18H21ClN2O4S/c1-4-13-5-7-14(8-6-13)20-18(22)12-25-17-10-9-15(11-16(17)19)26(23,24)21(2)3/h5-11H,4,12H2,1-3H3,(H,20,22). The Morgan fingerprint density at radius 1 is 1.15 bits per heavy atom. The Morgan fingerprint density at radius 2 is 1.81 bits per heavy atom. The van der Waals surface area contributed by atoms with Crippen LogP contribution in [0.1, 0.15) is 12.5 Å². The van der Waals surface area contributed by atoms with Gasteiger partial charge in [-0.3, -0.25) is 4.79 Å². The van der Waals surface area contributed by atoms with E-state index in [1.54, 1.807) is 0 Å². The summed E-state index contributed by atoms with van der Waals surface area (Å²) in [6, 6.07) is 11.7. The molecule has 0 unspecified atom stereocenters. The van der Waals surface area contributed by atoms with Gasteiger partial charge in [-0.05, 0) is 42.3 Å². The Balaban J connectivity index is 1.99. The first kappa shape index (κ1) is 20.2. The van der Waals surface area contributed by atoms with Gasteiger partial charge in [-0.2, -0.15) is 0 Å². The topological polar surface area (TPSA) is 75.7 Å². The van der Waals surface area contributed by atoms with Gasteiger partial charge in [-0.25, -0.2) is 12.7 Å². The van der Waals surface area contributed by atoms with E-state index in [9.17, 15) is 13.2 Å². The summed E-state index contributed by atoms with van der Waals surface area (Å²) in [5.74, 6) is -0.101. The van der Waals surface area contributed by atoms with Crippen LogP contribution in [0.15, 0.2) is 47.4 Å². The molecule has 0 bridgehead atoms. The highest BCUT2D eigenvalue weighted by Gasteiger charge is 2.19. The Bertz CT molecular complexity index is 881. The van der Waals surface area contributed by atoms with Crippen LogP contribution in [0.2, 0.25) is 5.02 Å². The maximum atomic E-state index is 12.1. The van der Waals surface area contributed by atoms with E-state index in [-0.39, 0.29) is 28.2 Å². The first-order chi connectivity index (χ1) is 12.2. The summed E-state index contributed by atoms with van der Waals surface area (Å²) in [5, 5.41) is 2.84. The fraction of sp³-hybridized carbons (Fsp3) is 0.278. The summed E-state index contributed by atoms with van der Waals surface area (Å²) >= 11 is 6.08. The molecule has 0 atom stereocenters. The second-order valence-corrected chi connectivity index (χ2v) is 8.33. The lowest BCUT2D eigenvalue weighted by Crippen LogP contribution is -2.22. The molecule has 0 heterocycles. The van der Waals surface area contributed by atoms with Gasteiger partial charge < -0.3 is 10.1 Å². The minimum absolute atomic E-state index is 0.0558. The van der Waals surface area contributed by atoms with Crippen molar-refractivity contribution in [1.82, 2.24) is 4.31 Å². The number of ether oxygens (including phenoxy) is 1. The molecule has 8 heteroatoms. The van der Waals surface area contributed by atoms with Crippen molar-refractivity contribution in [2.75, 3.05) is 26.0 Å². The number of amides is 1. The lowest BCUT2D eigenvalue weighted by atomic mass is 10.1. The van der Waals surface area contributed by atoms with Gasteiger partial charge >= 0.3 is 0 Å². The number of hydrogen-bond donors (Lipinski definition) is 1. The molecule has 140 valence electrons. The van der Waals surface area contributed by atoms with Crippen molar-refractivity contribution in [1.29, 1.82) is 0 Å². The largest absolute Gasteiger partial charge is 0.482 e. The summed E-state index contributed by atoms with van der Waals surface area (Å²) in [6.07, 6.45) is 0.926. The van der Waals surface area contributed by atoms with Gasteiger partial charge in [-0.15, -0.1) is 0 Å². The number of aryl methyl sites for hydroxylation is 1. The number of sulfonamides is 1. The Labute approximate surface area is 158 Å². The molecule has 0 aromatic heterocycles. The zero-order valence-electron chi connectivity index (χ0n) is 14.8. The predicted molar refractivity (Wildman–Crippen MR) is 102 cm³/mol. The third-order valence-electron chi connectivity index (χ3n) is 3.69. The molecule has 0 radical (unpaired) electrons. The van der Waals surface area contributed by atoms with Crippen LogP contribution in [0.4, 0.5) is 5.69 Å². The first-order valence-corrected chi connectivity index (χ1v) is 9.79. The average molecular weight is 397 g/mol. The third kappa shape index (κ3) is 4.97. The van der Waals surface area contributed by atoms with Crippen LogP contribution in [0.25, 0.3) is 0 Å². The maximum absolute atomic E-state index is 12.1. The van der Waals surface area contributed by atoms with Crippen LogP contribution in [0.3, 0.4) is 0 Å². The monoisotopic (exact) mass is 396 g/mol. The van der Waals surface area contributed by atoms with Crippen molar-refractivity contribution in [3.05, 3.63) is 53.1 Å². The average Bonchev–Trinajstić information content (AvgIpc) is 2.61. The molecular weight excluding hydrogens is 376 g/mol. The van der Waals surface area contributed by atoms with Gasteiger partial charge in [0.2, 0.25) is 10.0 Å². The first-order valence-electron chi connectivity index (χ1n) is 7.97. The van der Waals surface area contributed by atoms with E-state index >= 15 is 0 Å². The van der Waals surface area contributed by atoms with Crippen LogP contribution in [-0.4, -0.2) is 39.3 Å². The number of anilines is 1. The Kier molecular flexibility index (Phi) is 6.63. The molecule has 2 rings (SSSR count). The third-order valence-corrected chi connectivity index (χ3v) is 5.79. The predicted octanol–water partition coefficient (Wildman–Crippen LogP) is 3.17. The van der Waals surface area contributed by atoms with Crippen molar-refractivity contribution in [2.24, 2.45) is 0 Å². The summed E-state index contributed by atoms with van der Waals surface area (Å²) in [5.41, 5.74) is 1.85. The van der Waals surface area contributed by atoms with E-state index in [2.05, 4.69) is 12.2 Å². The lowest BCUT2D eigenvalue weighted by molar-refractivity contribution is -0.118. The van der Waals surface area contributed by atoms with Crippen LogP contribution < -0.4 is 10.1 Å².